The molecule has 0 fully saturated rings. The molecule has 0 saturated heterocycles. The second-order valence-corrected chi connectivity index (χ2v) is 2.64. The predicted octanol–water partition coefficient (Wildman–Crippen LogP) is 0.607. The highest BCUT2D eigenvalue weighted by molar-refractivity contribution is 5.16. The van der Waals surface area contributed by atoms with Gasteiger partial charge in [0.25, 0.3) is 5.95 Å². The first-order valence-electron chi connectivity index (χ1n) is 3.67. The van der Waals surface area contributed by atoms with Gasteiger partial charge in [0.2, 0.25) is 0 Å². The molecule has 2 heterocycles. The van der Waals surface area contributed by atoms with E-state index in [1.807, 2.05) is 19.9 Å². The van der Waals surface area contributed by atoms with Crippen molar-refractivity contribution in [2.24, 2.45) is 0 Å². The minimum atomic E-state index is 0.584. The minimum Gasteiger partial charge on any atom is -0.264 e. The number of aryl methyl sites for hydroxylation is 2. The summed E-state index contributed by atoms with van der Waals surface area (Å²) in [5.74, 6) is 0.584. The van der Waals surface area contributed by atoms with Gasteiger partial charge in [-0.3, -0.25) is 5.10 Å². The van der Waals surface area contributed by atoms with Crippen molar-refractivity contribution in [1.29, 1.82) is 0 Å². The summed E-state index contributed by atoms with van der Waals surface area (Å²) in [6, 6.07) is 1.98. The first-order valence-corrected chi connectivity index (χ1v) is 3.67. The molecule has 5 heteroatoms. The molecule has 0 aliphatic heterocycles. The van der Waals surface area contributed by atoms with Crippen LogP contribution < -0.4 is 0 Å². The van der Waals surface area contributed by atoms with Gasteiger partial charge in [-0.05, 0) is 19.9 Å². The van der Waals surface area contributed by atoms with Crippen molar-refractivity contribution in [3.8, 4) is 5.95 Å². The number of aromatic amines is 1. The zero-order valence-electron chi connectivity index (χ0n) is 6.94. The lowest BCUT2D eigenvalue weighted by atomic mass is 10.4. The highest BCUT2D eigenvalue weighted by Gasteiger charge is 2.05. The van der Waals surface area contributed by atoms with Crippen molar-refractivity contribution in [2.75, 3.05) is 0 Å². The fraction of sp³-hybridized carbons (Fsp3) is 0.286. The molecular weight excluding hydrogens is 154 g/mol. The molecule has 0 aromatic carbocycles. The smallest absolute Gasteiger partial charge is 0.264 e. The quantitative estimate of drug-likeness (QED) is 0.670. The van der Waals surface area contributed by atoms with Crippen LogP contribution in [0.4, 0.5) is 0 Å². The average Bonchev–Trinajstić information content (AvgIpc) is 2.58. The molecule has 12 heavy (non-hydrogen) atoms. The van der Waals surface area contributed by atoms with Gasteiger partial charge in [-0.2, -0.15) is 10.1 Å². The first kappa shape index (κ1) is 7.02. The van der Waals surface area contributed by atoms with Gasteiger partial charge in [0, 0.05) is 5.69 Å². The lowest BCUT2D eigenvalue weighted by molar-refractivity contribution is 0.778. The van der Waals surface area contributed by atoms with Gasteiger partial charge in [0.15, 0.2) is 0 Å². The number of aromatic nitrogens is 5. The molecule has 0 bridgehead atoms. The van der Waals surface area contributed by atoms with Crippen LogP contribution in [0.1, 0.15) is 11.4 Å². The van der Waals surface area contributed by atoms with Gasteiger partial charge in [-0.25, -0.2) is 4.68 Å². The van der Waals surface area contributed by atoms with Crippen molar-refractivity contribution in [2.45, 2.75) is 13.8 Å². The molecule has 0 spiro atoms. The second-order valence-electron chi connectivity index (χ2n) is 2.64. The summed E-state index contributed by atoms with van der Waals surface area (Å²) in [7, 11) is 0. The van der Waals surface area contributed by atoms with Crippen LogP contribution in [-0.4, -0.2) is 25.0 Å². The van der Waals surface area contributed by atoms with Crippen molar-refractivity contribution in [3.63, 3.8) is 0 Å². The van der Waals surface area contributed by atoms with Crippen LogP contribution in [0.25, 0.3) is 5.95 Å². The molecule has 0 saturated carbocycles. The van der Waals surface area contributed by atoms with Gasteiger partial charge in [0.1, 0.15) is 6.33 Å². The third-order valence-electron chi connectivity index (χ3n) is 1.60. The summed E-state index contributed by atoms with van der Waals surface area (Å²) in [5, 5.41) is 10.8. The second kappa shape index (κ2) is 2.44. The standard InChI is InChI=1S/C7H9N5/c1-5-3-6(2)12(11-5)7-8-4-9-10-7/h3-4H,1-2H3,(H,8,9,10). The van der Waals surface area contributed by atoms with E-state index in [-0.39, 0.29) is 0 Å². The Kier molecular flexibility index (Phi) is 1.43. The molecule has 0 unspecified atom stereocenters. The van der Waals surface area contributed by atoms with Gasteiger partial charge < -0.3 is 0 Å². The third kappa shape index (κ3) is 0.990. The van der Waals surface area contributed by atoms with E-state index < -0.39 is 0 Å². The summed E-state index contributed by atoms with van der Waals surface area (Å²) < 4.78 is 1.70. The van der Waals surface area contributed by atoms with E-state index in [2.05, 4.69) is 20.3 Å². The Morgan fingerprint density at radius 2 is 2.25 bits per heavy atom. The number of H-pyrrole nitrogens is 1. The van der Waals surface area contributed by atoms with Gasteiger partial charge in [-0.15, -0.1) is 5.10 Å². The molecule has 2 aromatic heterocycles. The van der Waals surface area contributed by atoms with Crippen LogP contribution in [-0.2, 0) is 0 Å². The molecule has 0 aliphatic rings. The lowest BCUT2D eigenvalue weighted by Crippen LogP contribution is -2.00. The number of hydrogen-bond donors (Lipinski definition) is 1. The van der Waals surface area contributed by atoms with Crippen LogP contribution in [0.2, 0.25) is 0 Å². The van der Waals surface area contributed by atoms with Crippen LogP contribution >= 0.6 is 0 Å². The summed E-state index contributed by atoms with van der Waals surface area (Å²) in [5.41, 5.74) is 2.00. The largest absolute Gasteiger partial charge is 0.269 e. The summed E-state index contributed by atoms with van der Waals surface area (Å²) in [6.45, 7) is 3.91. The van der Waals surface area contributed by atoms with E-state index in [0.717, 1.165) is 11.4 Å². The molecule has 5 nitrogen and oxygen atoms in total. The average molecular weight is 163 g/mol. The molecule has 0 amide bonds. The Morgan fingerprint density at radius 1 is 1.42 bits per heavy atom. The number of nitrogens with one attached hydrogen (secondary N) is 1. The van der Waals surface area contributed by atoms with E-state index in [0.29, 0.717) is 5.95 Å². The monoisotopic (exact) mass is 163 g/mol. The molecule has 2 aromatic rings. The highest BCUT2D eigenvalue weighted by atomic mass is 15.4. The van der Waals surface area contributed by atoms with E-state index in [9.17, 15) is 0 Å². The van der Waals surface area contributed by atoms with Crippen LogP contribution in [0, 0.1) is 13.8 Å². The molecular formula is C7H9N5. The first-order chi connectivity index (χ1) is 5.77. The Labute approximate surface area is 69.4 Å². The summed E-state index contributed by atoms with van der Waals surface area (Å²) in [4.78, 5) is 3.99. The Morgan fingerprint density at radius 3 is 2.75 bits per heavy atom. The van der Waals surface area contributed by atoms with E-state index in [1.54, 1.807) is 4.68 Å². The number of nitrogens with zero attached hydrogens (tertiary/aromatic N) is 4. The normalized spacial score (nSPS) is 10.5. The van der Waals surface area contributed by atoms with Crippen LogP contribution in [0.5, 0.6) is 0 Å². The lowest BCUT2D eigenvalue weighted by Gasteiger charge is -1.94. The molecule has 0 atom stereocenters. The minimum absolute atomic E-state index is 0.584. The Balaban J connectivity index is 2.54. The topological polar surface area (TPSA) is 59.4 Å². The van der Waals surface area contributed by atoms with Gasteiger partial charge in [0.05, 0.1) is 5.69 Å². The molecule has 2 rings (SSSR count). The van der Waals surface area contributed by atoms with Gasteiger partial charge >= 0.3 is 0 Å². The Bertz CT molecular complexity index is 372. The van der Waals surface area contributed by atoms with E-state index in [1.165, 1.54) is 6.33 Å². The number of hydrogen-bond acceptors (Lipinski definition) is 3. The zero-order valence-corrected chi connectivity index (χ0v) is 6.94. The summed E-state index contributed by atoms with van der Waals surface area (Å²) in [6.07, 6.45) is 1.53. The Hall–Kier alpha value is -1.65. The molecule has 0 aliphatic carbocycles. The maximum absolute atomic E-state index is 4.22. The van der Waals surface area contributed by atoms with Crippen LogP contribution in [0.15, 0.2) is 12.4 Å². The van der Waals surface area contributed by atoms with E-state index >= 15 is 0 Å². The zero-order chi connectivity index (χ0) is 8.55. The van der Waals surface area contributed by atoms with Crippen molar-refractivity contribution >= 4 is 0 Å². The molecule has 0 radical (unpaired) electrons. The van der Waals surface area contributed by atoms with Crippen molar-refractivity contribution in [1.82, 2.24) is 25.0 Å². The maximum atomic E-state index is 4.22. The summed E-state index contributed by atoms with van der Waals surface area (Å²) >= 11 is 0. The SMILES string of the molecule is Cc1cc(C)n(-c2nc[nH]n2)n1. The predicted molar refractivity (Wildman–Crippen MR) is 43.0 cm³/mol. The van der Waals surface area contributed by atoms with Crippen molar-refractivity contribution < 1.29 is 0 Å². The molecule has 62 valence electrons. The van der Waals surface area contributed by atoms with Gasteiger partial charge in [-0.1, -0.05) is 0 Å². The van der Waals surface area contributed by atoms with Crippen molar-refractivity contribution in [3.05, 3.63) is 23.8 Å². The highest BCUT2D eigenvalue weighted by Crippen LogP contribution is 2.05. The van der Waals surface area contributed by atoms with Crippen LogP contribution in [0.3, 0.4) is 0 Å². The fourth-order valence-electron chi connectivity index (χ4n) is 1.14. The van der Waals surface area contributed by atoms with E-state index in [4.69, 9.17) is 0 Å². The fourth-order valence-corrected chi connectivity index (χ4v) is 1.14. The molecule has 1 N–H and O–H groups in total. The third-order valence-corrected chi connectivity index (χ3v) is 1.60. The number of rotatable bonds is 1. The maximum Gasteiger partial charge on any atom is 0.269 e.